The van der Waals surface area contributed by atoms with Crippen molar-refractivity contribution in [3.05, 3.63) is 102 Å². The Morgan fingerprint density at radius 3 is 2.21 bits per heavy atom. The zero-order valence-electron chi connectivity index (χ0n) is 14.1. The van der Waals surface area contributed by atoms with Gasteiger partial charge in [-0.25, -0.2) is 0 Å². The third-order valence-corrected chi connectivity index (χ3v) is 3.05. The second-order valence-electron chi connectivity index (χ2n) is 4.95. The minimum absolute atomic E-state index is 0. The predicted octanol–water partition coefficient (Wildman–Crippen LogP) is 5.16. The molecule has 3 nitrogen and oxygen atoms in total. The van der Waals surface area contributed by atoms with E-state index < -0.39 is 23.3 Å². The maximum atomic E-state index is 13.2. The van der Waals surface area contributed by atoms with Gasteiger partial charge in [-0.1, -0.05) is 29.8 Å². The number of halogens is 4. The molecule has 2 aromatic carbocycles. The first-order valence-electron chi connectivity index (χ1n) is 7.55. The van der Waals surface area contributed by atoms with Crippen LogP contribution >= 0.6 is 0 Å². The standard InChI is InChI=1S/C11H6F2N.C9H6F2N2.Ir/c12-8-4-5-9(10(13)7-8)11-3-1-2-6-14-11;10-7-2-3-9(8(11)6-7)13-5-1-4-12;/h1-4,6-7H;1-2,4-6,13H;/q-1;-2;+3/b;5-1-;. The third-order valence-electron chi connectivity index (χ3n) is 3.05. The number of pyridine rings is 1. The Morgan fingerprint density at radius 1 is 0.964 bits per heavy atom. The smallest absolute Gasteiger partial charge is 0.811 e. The van der Waals surface area contributed by atoms with E-state index >= 15 is 0 Å². The van der Waals surface area contributed by atoms with E-state index in [0.29, 0.717) is 5.69 Å². The Morgan fingerprint density at radius 2 is 1.64 bits per heavy atom. The predicted molar refractivity (Wildman–Crippen MR) is 95.8 cm³/mol. The second kappa shape index (κ2) is 11.8. The Hall–Kier alpha value is -2.83. The van der Waals surface area contributed by atoms with Crippen LogP contribution in [0.3, 0.4) is 0 Å². The molecule has 0 atom stereocenters. The summed E-state index contributed by atoms with van der Waals surface area (Å²) < 4.78 is 51.0. The van der Waals surface area contributed by atoms with Crippen molar-refractivity contribution in [3.8, 4) is 11.3 Å². The fourth-order valence-corrected chi connectivity index (χ4v) is 1.88. The summed E-state index contributed by atoms with van der Waals surface area (Å²) in [5.74, 6) is -2.70. The van der Waals surface area contributed by atoms with E-state index in [9.17, 15) is 17.6 Å². The SMILES string of the molecule is Fc1c[c-]c(-c2ccccn2)c(F)c1.[Ir+3].[N-]=C/C=C\Nc1[c-]cc(F)cc1F. The van der Waals surface area contributed by atoms with Gasteiger partial charge in [-0.3, -0.25) is 17.6 Å². The Kier molecular flexibility index (Phi) is 9.78. The van der Waals surface area contributed by atoms with E-state index in [1.54, 1.807) is 24.4 Å². The van der Waals surface area contributed by atoms with Crippen molar-refractivity contribution in [1.82, 2.24) is 4.98 Å². The molecule has 1 aromatic heterocycles. The number of hydrogen-bond acceptors (Lipinski definition) is 2. The zero-order valence-corrected chi connectivity index (χ0v) is 16.5. The first-order chi connectivity index (χ1) is 13.0. The number of benzene rings is 2. The van der Waals surface area contributed by atoms with Gasteiger partial charge in [0.05, 0.1) is 0 Å². The van der Waals surface area contributed by atoms with Crippen LogP contribution in [0.4, 0.5) is 23.2 Å². The van der Waals surface area contributed by atoms with Gasteiger partial charge in [0.25, 0.3) is 0 Å². The second-order valence-corrected chi connectivity index (χ2v) is 4.95. The Bertz CT molecular complexity index is 934. The molecule has 1 heterocycles. The van der Waals surface area contributed by atoms with Crippen LogP contribution in [0.5, 0.6) is 0 Å². The van der Waals surface area contributed by atoms with Gasteiger partial charge in [-0.2, -0.15) is 12.3 Å². The summed E-state index contributed by atoms with van der Waals surface area (Å²) >= 11 is 0. The topological polar surface area (TPSA) is 47.2 Å². The van der Waals surface area contributed by atoms with Crippen molar-refractivity contribution < 1.29 is 37.7 Å². The number of rotatable bonds is 4. The van der Waals surface area contributed by atoms with Crippen LogP contribution in [0.15, 0.2) is 60.9 Å². The minimum atomic E-state index is -0.734. The van der Waals surface area contributed by atoms with Crippen LogP contribution in [-0.4, -0.2) is 11.2 Å². The van der Waals surface area contributed by atoms with Gasteiger partial charge in [0.15, 0.2) is 0 Å². The molecule has 0 aliphatic rings. The average Bonchev–Trinajstić information content (AvgIpc) is 2.65. The molecule has 0 unspecified atom stereocenters. The number of nitrogens with zero attached hydrogens (tertiary/aromatic N) is 2. The Balaban J connectivity index is 0.000000271. The normalized spacial score (nSPS) is 9.86. The summed E-state index contributed by atoms with van der Waals surface area (Å²) in [6.07, 6.45) is 4.89. The molecular formula is C20H12F4IrN3. The van der Waals surface area contributed by atoms with E-state index in [4.69, 9.17) is 5.41 Å². The molecule has 144 valence electrons. The number of anilines is 1. The van der Waals surface area contributed by atoms with Gasteiger partial charge in [0.2, 0.25) is 0 Å². The minimum Gasteiger partial charge on any atom is -0.811 e. The van der Waals surface area contributed by atoms with Crippen molar-refractivity contribution in [2.75, 3.05) is 5.32 Å². The van der Waals surface area contributed by atoms with Crippen LogP contribution in [0.2, 0.25) is 0 Å². The van der Waals surface area contributed by atoms with E-state index in [1.165, 1.54) is 12.3 Å². The van der Waals surface area contributed by atoms with Crippen molar-refractivity contribution in [2.45, 2.75) is 0 Å². The molecule has 0 bridgehead atoms. The van der Waals surface area contributed by atoms with E-state index in [0.717, 1.165) is 30.5 Å². The third kappa shape index (κ3) is 7.06. The molecule has 0 aliphatic heterocycles. The van der Waals surface area contributed by atoms with E-state index in [1.807, 2.05) is 0 Å². The van der Waals surface area contributed by atoms with E-state index in [2.05, 4.69) is 22.4 Å². The molecule has 1 N–H and O–H groups in total. The van der Waals surface area contributed by atoms with Crippen molar-refractivity contribution in [3.63, 3.8) is 0 Å². The van der Waals surface area contributed by atoms with Crippen LogP contribution in [-0.2, 0) is 20.1 Å². The van der Waals surface area contributed by atoms with Crippen molar-refractivity contribution >= 4 is 11.9 Å². The molecule has 3 rings (SSSR count). The molecule has 0 saturated carbocycles. The first kappa shape index (κ1) is 23.2. The molecule has 28 heavy (non-hydrogen) atoms. The quantitative estimate of drug-likeness (QED) is 0.272. The largest absolute Gasteiger partial charge is 3.00 e. The first-order valence-corrected chi connectivity index (χ1v) is 7.55. The summed E-state index contributed by atoms with van der Waals surface area (Å²) in [5, 5.41) is 10.7. The Labute approximate surface area is 173 Å². The van der Waals surface area contributed by atoms with Crippen LogP contribution < -0.4 is 5.32 Å². The van der Waals surface area contributed by atoms with Crippen molar-refractivity contribution in [2.24, 2.45) is 0 Å². The number of nitrogens with one attached hydrogen (secondary N) is 1. The maximum absolute atomic E-state index is 13.2. The number of hydrogen-bond donors (Lipinski definition) is 1. The molecule has 0 spiro atoms. The van der Waals surface area contributed by atoms with E-state index in [-0.39, 0.29) is 31.4 Å². The van der Waals surface area contributed by atoms with Gasteiger partial charge >= 0.3 is 20.1 Å². The van der Waals surface area contributed by atoms with Crippen LogP contribution in [0.25, 0.3) is 16.7 Å². The average molecular weight is 563 g/mol. The van der Waals surface area contributed by atoms with Gasteiger partial charge in [0.1, 0.15) is 0 Å². The summed E-state index contributed by atoms with van der Waals surface area (Å²) in [7, 11) is 0. The summed E-state index contributed by atoms with van der Waals surface area (Å²) in [5.41, 5.74) is 0.663. The monoisotopic (exact) mass is 563 g/mol. The van der Waals surface area contributed by atoms with Gasteiger partial charge in [-0.15, -0.1) is 24.3 Å². The number of aromatic nitrogens is 1. The van der Waals surface area contributed by atoms with Crippen LogP contribution in [0, 0.1) is 35.4 Å². The fourth-order valence-electron chi connectivity index (χ4n) is 1.88. The molecular weight excluding hydrogens is 550 g/mol. The number of allylic oxidation sites excluding steroid dienone is 1. The molecule has 8 heteroatoms. The molecule has 0 saturated heterocycles. The zero-order chi connectivity index (χ0) is 19.6. The van der Waals surface area contributed by atoms with Crippen LogP contribution in [0.1, 0.15) is 0 Å². The maximum Gasteiger partial charge on any atom is 3.00 e. The summed E-state index contributed by atoms with van der Waals surface area (Å²) in [6, 6.07) is 13.6. The molecule has 0 radical (unpaired) electrons. The molecule has 0 fully saturated rings. The fraction of sp³-hybridized carbons (Fsp3) is 0. The van der Waals surface area contributed by atoms with Gasteiger partial charge < -0.3 is 15.7 Å². The summed E-state index contributed by atoms with van der Waals surface area (Å²) in [4.78, 5) is 3.95. The summed E-state index contributed by atoms with van der Waals surface area (Å²) in [6.45, 7) is 0. The molecule has 3 aromatic rings. The molecule has 0 aliphatic carbocycles. The van der Waals surface area contributed by atoms with Crippen molar-refractivity contribution in [1.29, 1.82) is 0 Å². The molecule has 0 amide bonds. The van der Waals surface area contributed by atoms with Gasteiger partial charge in [-0.05, 0) is 23.6 Å². The van der Waals surface area contributed by atoms with Gasteiger partial charge in [0, 0.05) is 29.5 Å².